The molecular formula is C9H19NO3. The lowest BCUT2D eigenvalue weighted by Crippen LogP contribution is -2.28. The van der Waals surface area contributed by atoms with E-state index in [0.29, 0.717) is 6.54 Å². The summed E-state index contributed by atoms with van der Waals surface area (Å²) in [6, 6.07) is 0. The van der Waals surface area contributed by atoms with Gasteiger partial charge in [0.2, 0.25) is 0 Å². The molecule has 1 heterocycles. The van der Waals surface area contributed by atoms with Crippen LogP contribution in [0, 0.1) is 0 Å². The minimum Gasteiger partial charge on any atom is -0.395 e. The van der Waals surface area contributed by atoms with Crippen molar-refractivity contribution in [1.82, 2.24) is 4.90 Å². The summed E-state index contributed by atoms with van der Waals surface area (Å²) < 4.78 is 10.8. The first-order valence-electron chi connectivity index (χ1n) is 4.79. The third kappa shape index (κ3) is 2.91. The van der Waals surface area contributed by atoms with E-state index in [-0.39, 0.29) is 18.8 Å². The lowest BCUT2D eigenvalue weighted by molar-refractivity contribution is -0.0233. The molecule has 0 saturated carbocycles. The molecule has 0 spiro atoms. The summed E-state index contributed by atoms with van der Waals surface area (Å²) in [6.07, 6.45) is 0.327. The smallest absolute Gasteiger partial charge is 0.0975 e. The van der Waals surface area contributed by atoms with E-state index in [1.165, 1.54) is 0 Å². The third-order valence-electron chi connectivity index (χ3n) is 2.39. The standard InChI is InChI=1S/C9H19NO3/c1-3-13-9-7-10(4-5-11)6-8(9)12-2/h8-9,11H,3-7H2,1-2H3/t8-,9-/m0/s1. The Morgan fingerprint density at radius 1 is 1.38 bits per heavy atom. The molecule has 0 amide bonds. The van der Waals surface area contributed by atoms with Crippen molar-refractivity contribution in [2.45, 2.75) is 19.1 Å². The Bertz CT molecular complexity index is 143. The second kappa shape index (κ2) is 5.54. The van der Waals surface area contributed by atoms with Gasteiger partial charge in [0, 0.05) is 33.4 Å². The van der Waals surface area contributed by atoms with Gasteiger partial charge in [-0.3, -0.25) is 4.90 Å². The normalized spacial score (nSPS) is 29.8. The molecule has 4 heteroatoms. The highest BCUT2D eigenvalue weighted by Gasteiger charge is 2.32. The number of likely N-dealkylation sites (tertiary alicyclic amines) is 1. The highest BCUT2D eigenvalue weighted by molar-refractivity contribution is 4.85. The van der Waals surface area contributed by atoms with Gasteiger partial charge < -0.3 is 14.6 Å². The van der Waals surface area contributed by atoms with Gasteiger partial charge in [-0.05, 0) is 6.92 Å². The van der Waals surface area contributed by atoms with Gasteiger partial charge in [-0.1, -0.05) is 0 Å². The number of β-amino-alcohol motifs (C(OH)–C–C–N with tert-alkyl or cyclic N) is 1. The van der Waals surface area contributed by atoms with E-state index >= 15 is 0 Å². The fourth-order valence-electron chi connectivity index (χ4n) is 1.74. The number of hydrogen-bond donors (Lipinski definition) is 1. The van der Waals surface area contributed by atoms with Gasteiger partial charge in [0.05, 0.1) is 18.8 Å². The van der Waals surface area contributed by atoms with Crippen LogP contribution in [0.25, 0.3) is 0 Å². The van der Waals surface area contributed by atoms with Gasteiger partial charge in [0.25, 0.3) is 0 Å². The molecule has 0 aromatic heterocycles. The average molecular weight is 189 g/mol. The quantitative estimate of drug-likeness (QED) is 0.645. The van der Waals surface area contributed by atoms with Crippen LogP contribution in [0.5, 0.6) is 0 Å². The van der Waals surface area contributed by atoms with Crippen molar-refractivity contribution in [2.75, 3.05) is 40.0 Å². The van der Waals surface area contributed by atoms with Crippen molar-refractivity contribution in [1.29, 1.82) is 0 Å². The van der Waals surface area contributed by atoms with Crippen LogP contribution < -0.4 is 0 Å². The van der Waals surface area contributed by atoms with Gasteiger partial charge in [0.15, 0.2) is 0 Å². The molecule has 0 aromatic rings. The number of nitrogens with zero attached hydrogens (tertiary/aromatic N) is 1. The van der Waals surface area contributed by atoms with Crippen LogP contribution in [-0.4, -0.2) is 62.2 Å². The maximum absolute atomic E-state index is 8.78. The predicted molar refractivity (Wildman–Crippen MR) is 49.7 cm³/mol. The van der Waals surface area contributed by atoms with Gasteiger partial charge in [-0.15, -0.1) is 0 Å². The summed E-state index contributed by atoms with van der Waals surface area (Å²) >= 11 is 0. The van der Waals surface area contributed by atoms with E-state index in [2.05, 4.69) is 4.90 Å². The minimum atomic E-state index is 0.159. The zero-order chi connectivity index (χ0) is 9.68. The monoisotopic (exact) mass is 189 g/mol. The van der Waals surface area contributed by atoms with E-state index < -0.39 is 0 Å². The first-order chi connectivity index (χ1) is 6.31. The Hall–Kier alpha value is -0.160. The van der Waals surface area contributed by atoms with Crippen LogP contribution in [0.1, 0.15) is 6.92 Å². The Balaban J connectivity index is 2.36. The SMILES string of the molecule is CCO[C@H]1CN(CCO)C[C@@H]1OC. The lowest BCUT2D eigenvalue weighted by atomic mass is 10.2. The third-order valence-corrected chi connectivity index (χ3v) is 2.39. The minimum absolute atomic E-state index is 0.159. The van der Waals surface area contributed by atoms with Crippen LogP contribution in [-0.2, 0) is 9.47 Å². The Morgan fingerprint density at radius 3 is 2.62 bits per heavy atom. The van der Waals surface area contributed by atoms with E-state index in [1.807, 2.05) is 6.92 Å². The molecule has 1 aliphatic heterocycles. The predicted octanol–water partition coefficient (Wildman–Crippen LogP) is -0.286. The molecule has 1 aliphatic rings. The summed E-state index contributed by atoms with van der Waals surface area (Å²) in [5.74, 6) is 0. The molecule has 13 heavy (non-hydrogen) atoms. The molecule has 1 saturated heterocycles. The molecule has 78 valence electrons. The van der Waals surface area contributed by atoms with Crippen molar-refractivity contribution in [3.8, 4) is 0 Å². The van der Waals surface area contributed by atoms with Gasteiger partial charge in [0.1, 0.15) is 0 Å². The molecule has 0 unspecified atom stereocenters. The number of rotatable bonds is 5. The molecule has 0 aliphatic carbocycles. The molecule has 1 N–H and O–H groups in total. The highest BCUT2D eigenvalue weighted by Crippen LogP contribution is 2.15. The summed E-state index contributed by atoms with van der Waals surface area (Å²) in [7, 11) is 1.71. The van der Waals surface area contributed by atoms with Gasteiger partial charge in [-0.25, -0.2) is 0 Å². The number of aliphatic hydroxyl groups excluding tert-OH is 1. The Labute approximate surface area is 79.4 Å². The van der Waals surface area contributed by atoms with Crippen LogP contribution >= 0.6 is 0 Å². The van der Waals surface area contributed by atoms with E-state index in [1.54, 1.807) is 7.11 Å². The summed E-state index contributed by atoms with van der Waals surface area (Å²) in [4.78, 5) is 2.16. The summed E-state index contributed by atoms with van der Waals surface area (Å²) in [5, 5.41) is 8.78. The molecule has 0 aromatic carbocycles. The lowest BCUT2D eigenvalue weighted by Gasteiger charge is -2.16. The molecular weight excluding hydrogens is 170 g/mol. The maximum atomic E-state index is 8.78. The fourth-order valence-corrected chi connectivity index (χ4v) is 1.74. The van der Waals surface area contributed by atoms with Crippen LogP contribution in [0.4, 0.5) is 0 Å². The maximum Gasteiger partial charge on any atom is 0.0975 e. The average Bonchev–Trinajstić information content (AvgIpc) is 2.49. The van der Waals surface area contributed by atoms with E-state index in [4.69, 9.17) is 14.6 Å². The molecule has 1 fully saturated rings. The Morgan fingerprint density at radius 2 is 2.08 bits per heavy atom. The fraction of sp³-hybridized carbons (Fsp3) is 1.00. The van der Waals surface area contributed by atoms with Gasteiger partial charge in [-0.2, -0.15) is 0 Å². The van der Waals surface area contributed by atoms with E-state index in [9.17, 15) is 0 Å². The summed E-state index contributed by atoms with van der Waals surface area (Å²) in [5.41, 5.74) is 0. The van der Waals surface area contributed by atoms with Crippen molar-refractivity contribution in [2.24, 2.45) is 0 Å². The zero-order valence-corrected chi connectivity index (χ0v) is 8.40. The largest absolute Gasteiger partial charge is 0.395 e. The molecule has 1 rings (SSSR count). The van der Waals surface area contributed by atoms with Crippen LogP contribution in [0.2, 0.25) is 0 Å². The second-order valence-corrected chi connectivity index (χ2v) is 3.25. The van der Waals surface area contributed by atoms with Gasteiger partial charge >= 0.3 is 0 Å². The second-order valence-electron chi connectivity index (χ2n) is 3.25. The van der Waals surface area contributed by atoms with Crippen LogP contribution in [0.15, 0.2) is 0 Å². The first kappa shape index (κ1) is 10.9. The molecule has 0 bridgehead atoms. The van der Waals surface area contributed by atoms with Crippen LogP contribution in [0.3, 0.4) is 0 Å². The molecule has 4 nitrogen and oxygen atoms in total. The Kier molecular flexibility index (Phi) is 4.66. The van der Waals surface area contributed by atoms with Crippen molar-refractivity contribution in [3.05, 3.63) is 0 Å². The molecule has 2 atom stereocenters. The number of aliphatic hydroxyl groups is 1. The van der Waals surface area contributed by atoms with Crippen molar-refractivity contribution in [3.63, 3.8) is 0 Å². The number of ether oxygens (including phenoxy) is 2. The molecule has 0 radical (unpaired) electrons. The summed E-state index contributed by atoms with van der Waals surface area (Å²) in [6.45, 7) is 5.35. The number of hydrogen-bond acceptors (Lipinski definition) is 4. The first-order valence-corrected chi connectivity index (χ1v) is 4.79. The topological polar surface area (TPSA) is 41.9 Å². The van der Waals surface area contributed by atoms with Crippen molar-refractivity contribution >= 4 is 0 Å². The van der Waals surface area contributed by atoms with E-state index in [0.717, 1.165) is 19.7 Å². The van der Waals surface area contributed by atoms with Crippen molar-refractivity contribution < 1.29 is 14.6 Å². The number of methoxy groups -OCH3 is 1. The highest BCUT2D eigenvalue weighted by atomic mass is 16.5. The zero-order valence-electron chi connectivity index (χ0n) is 8.40.